The normalized spacial score (nSPS) is 12.5. The Morgan fingerprint density at radius 1 is 1.29 bits per heavy atom. The van der Waals surface area contributed by atoms with E-state index in [0.717, 1.165) is 21.3 Å². The smallest absolute Gasteiger partial charge is 0.133 e. The number of benzene rings is 1. The minimum Gasteiger partial charge on any atom is -0.496 e. The number of aryl methyl sites for hydroxylation is 1. The second-order valence-electron chi connectivity index (χ2n) is 3.86. The van der Waals surface area contributed by atoms with Crippen molar-refractivity contribution in [3.05, 3.63) is 50.1 Å². The van der Waals surface area contributed by atoms with Gasteiger partial charge in [0.1, 0.15) is 5.75 Å². The summed E-state index contributed by atoms with van der Waals surface area (Å²) in [4.78, 5) is 1.28. The molecule has 0 spiro atoms. The van der Waals surface area contributed by atoms with Gasteiger partial charge in [-0.25, -0.2) is 0 Å². The Kier molecular flexibility index (Phi) is 3.86. The molecule has 0 bridgehead atoms. The van der Waals surface area contributed by atoms with Gasteiger partial charge in [0.15, 0.2) is 0 Å². The van der Waals surface area contributed by atoms with Crippen LogP contribution in [-0.4, -0.2) is 7.11 Å². The molecule has 0 saturated heterocycles. The molecule has 2 rings (SSSR count). The first-order valence-electron chi connectivity index (χ1n) is 5.26. The van der Waals surface area contributed by atoms with Crippen molar-refractivity contribution in [1.82, 2.24) is 0 Å². The first-order valence-corrected chi connectivity index (χ1v) is 6.93. The number of halogens is 1. The van der Waals surface area contributed by atoms with Crippen molar-refractivity contribution in [3.8, 4) is 5.75 Å². The van der Waals surface area contributed by atoms with E-state index in [1.54, 1.807) is 18.4 Å². The fraction of sp³-hybridized carbons (Fsp3) is 0.231. The third-order valence-electron chi connectivity index (χ3n) is 2.64. The van der Waals surface area contributed by atoms with Crippen molar-refractivity contribution in [3.63, 3.8) is 0 Å². The Balaban J connectivity index is 2.31. The van der Waals surface area contributed by atoms with E-state index in [0.29, 0.717) is 0 Å². The zero-order valence-electron chi connectivity index (χ0n) is 9.74. The molecule has 1 aromatic carbocycles. The second kappa shape index (κ2) is 5.21. The van der Waals surface area contributed by atoms with Crippen LogP contribution in [0.2, 0.25) is 0 Å². The maximum atomic E-state index is 6.24. The third-order valence-corrected chi connectivity index (χ3v) is 4.14. The second-order valence-corrected chi connectivity index (χ2v) is 5.83. The lowest BCUT2D eigenvalue weighted by Crippen LogP contribution is -2.10. The summed E-state index contributed by atoms with van der Waals surface area (Å²) >= 11 is 5.20. The number of nitrogens with two attached hydrogens (primary N) is 1. The highest BCUT2D eigenvalue weighted by Crippen LogP contribution is 2.30. The van der Waals surface area contributed by atoms with Crippen LogP contribution in [0.1, 0.15) is 22.0 Å². The highest BCUT2D eigenvalue weighted by Gasteiger charge is 2.12. The first kappa shape index (κ1) is 12.6. The summed E-state index contributed by atoms with van der Waals surface area (Å²) in [5.41, 5.74) is 8.47. The molecule has 0 aliphatic heterocycles. The van der Waals surface area contributed by atoms with Crippen LogP contribution >= 0.6 is 27.3 Å². The fourth-order valence-electron chi connectivity index (χ4n) is 1.70. The predicted molar refractivity (Wildman–Crippen MR) is 75.8 cm³/mol. The Morgan fingerprint density at radius 2 is 2.06 bits per heavy atom. The predicted octanol–water partition coefficient (Wildman–Crippen LogP) is 3.88. The first-order chi connectivity index (χ1) is 8.11. The van der Waals surface area contributed by atoms with Crippen LogP contribution in [0.15, 0.2) is 34.1 Å². The Bertz CT molecular complexity index is 524. The lowest BCUT2D eigenvalue weighted by atomic mass is 10.0. The van der Waals surface area contributed by atoms with Gasteiger partial charge in [-0.1, -0.05) is 6.07 Å². The van der Waals surface area contributed by atoms with Crippen molar-refractivity contribution in [2.24, 2.45) is 5.73 Å². The van der Waals surface area contributed by atoms with E-state index in [9.17, 15) is 0 Å². The quantitative estimate of drug-likeness (QED) is 0.933. The summed E-state index contributed by atoms with van der Waals surface area (Å²) in [6.45, 7) is 2.09. The molecule has 17 heavy (non-hydrogen) atoms. The third kappa shape index (κ3) is 2.70. The van der Waals surface area contributed by atoms with E-state index in [-0.39, 0.29) is 6.04 Å². The lowest BCUT2D eigenvalue weighted by Gasteiger charge is -2.12. The number of rotatable bonds is 3. The molecule has 1 unspecified atom stereocenters. The molecule has 90 valence electrons. The molecule has 2 aromatic rings. The monoisotopic (exact) mass is 311 g/mol. The summed E-state index contributed by atoms with van der Waals surface area (Å²) in [6, 6.07) is 7.99. The molecule has 1 aromatic heterocycles. The zero-order valence-corrected chi connectivity index (χ0v) is 12.1. The van der Waals surface area contributed by atoms with Crippen LogP contribution in [0.5, 0.6) is 5.75 Å². The summed E-state index contributed by atoms with van der Waals surface area (Å²) in [5.74, 6) is 0.822. The molecule has 1 heterocycles. The number of thiophene rings is 1. The number of hydrogen-bond acceptors (Lipinski definition) is 3. The van der Waals surface area contributed by atoms with Gasteiger partial charge in [-0.3, -0.25) is 0 Å². The average molecular weight is 312 g/mol. The molecule has 0 amide bonds. The minimum absolute atomic E-state index is 0.0813. The van der Waals surface area contributed by atoms with E-state index in [4.69, 9.17) is 10.5 Å². The van der Waals surface area contributed by atoms with Crippen LogP contribution in [-0.2, 0) is 0 Å². The molecule has 0 saturated carbocycles. The van der Waals surface area contributed by atoms with Gasteiger partial charge in [-0.05, 0) is 57.6 Å². The number of methoxy groups -OCH3 is 1. The Hall–Kier alpha value is -0.840. The zero-order chi connectivity index (χ0) is 12.4. The van der Waals surface area contributed by atoms with E-state index >= 15 is 0 Å². The molecule has 0 aliphatic carbocycles. The van der Waals surface area contributed by atoms with E-state index < -0.39 is 0 Å². The maximum absolute atomic E-state index is 6.24. The van der Waals surface area contributed by atoms with E-state index in [1.165, 1.54) is 4.88 Å². The molecular weight excluding hydrogens is 298 g/mol. The molecule has 2 nitrogen and oxygen atoms in total. The van der Waals surface area contributed by atoms with E-state index in [1.807, 2.05) is 18.2 Å². The van der Waals surface area contributed by atoms with Gasteiger partial charge in [0, 0.05) is 4.88 Å². The Labute approximate surface area is 114 Å². The van der Waals surface area contributed by atoms with Crippen molar-refractivity contribution in [1.29, 1.82) is 0 Å². The van der Waals surface area contributed by atoms with Gasteiger partial charge in [0.2, 0.25) is 0 Å². The van der Waals surface area contributed by atoms with Gasteiger partial charge in [-0.15, -0.1) is 11.3 Å². The van der Waals surface area contributed by atoms with Gasteiger partial charge in [-0.2, -0.15) is 0 Å². The summed E-state index contributed by atoms with van der Waals surface area (Å²) in [6.07, 6.45) is 0. The molecule has 0 fully saturated rings. The highest BCUT2D eigenvalue weighted by atomic mass is 79.9. The molecule has 0 radical (unpaired) electrons. The molecule has 1 atom stereocenters. The van der Waals surface area contributed by atoms with Crippen LogP contribution in [0, 0.1) is 6.92 Å². The van der Waals surface area contributed by atoms with Gasteiger partial charge >= 0.3 is 0 Å². The SMILES string of the molecule is COc1ccc(C(N)c2csc(C)c2)cc1Br. The molecule has 4 heteroatoms. The number of ether oxygens (including phenoxy) is 1. The summed E-state index contributed by atoms with van der Waals surface area (Å²) < 4.78 is 6.13. The maximum Gasteiger partial charge on any atom is 0.133 e. The van der Waals surface area contributed by atoms with Crippen LogP contribution < -0.4 is 10.5 Å². The van der Waals surface area contributed by atoms with Crippen LogP contribution in [0.3, 0.4) is 0 Å². The van der Waals surface area contributed by atoms with Crippen molar-refractivity contribution in [2.75, 3.05) is 7.11 Å². The lowest BCUT2D eigenvalue weighted by molar-refractivity contribution is 0.412. The van der Waals surface area contributed by atoms with Crippen molar-refractivity contribution >= 4 is 27.3 Å². The molecular formula is C13H14BrNOS. The average Bonchev–Trinajstić information content (AvgIpc) is 2.75. The standard InChI is InChI=1S/C13H14BrNOS/c1-8-5-10(7-17-8)13(15)9-3-4-12(16-2)11(14)6-9/h3-7,13H,15H2,1-2H3. The van der Waals surface area contributed by atoms with Crippen molar-refractivity contribution in [2.45, 2.75) is 13.0 Å². The summed E-state index contributed by atoms with van der Waals surface area (Å²) in [5, 5.41) is 2.11. The highest BCUT2D eigenvalue weighted by molar-refractivity contribution is 9.10. The van der Waals surface area contributed by atoms with Gasteiger partial charge < -0.3 is 10.5 Å². The van der Waals surface area contributed by atoms with Gasteiger partial charge in [0.25, 0.3) is 0 Å². The number of hydrogen-bond donors (Lipinski definition) is 1. The largest absolute Gasteiger partial charge is 0.496 e. The van der Waals surface area contributed by atoms with Gasteiger partial charge in [0.05, 0.1) is 17.6 Å². The minimum atomic E-state index is -0.0813. The summed E-state index contributed by atoms with van der Waals surface area (Å²) in [7, 11) is 1.65. The fourth-order valence-corrected chi connectivity index (χ4v) is 2.99. The van der Waals surface area contributed by atoms with Crippen LogP contribution in [0.25, 0.3) is 0 Å². The van der Waals surface area contributed by atoms with Crippen LogP contribution in [0.4, 0.5) is 0 Å². The van der Waals surface area contributed by atoms with Crippen molar-refractivity contribution < 1.29 is 4.74 Å². The Morgan fingerprint density at radius 3 is 2.59 bits per heavy atom. The van der Waals surface area contributed by atoms with E-state index in [2.05, 4.69) is 34.3 Å². The molecule has 0 aliphatic rings. The molecule has 2 N–H and O–H groups in total. The topological polar surface area (TPSA) is 35.2 Å².